The molecule has 0 radical (unpaired) electrons. The molecule has 20 heavy (non-hydrogen) atoms. The van der Waals surface area contributed by atoms with Crippen molar-refractivity contribution in [1.29, 1.82) is 0 Å². The molecule has 0 bridgehead atoms. The number of aromatic nitrogens is 1. The van der Waals surface area contributed by atoms with Gasteiger partial charge in [0.05, 0.1) is 18.4 Å². The SMILES string of the molecule is CNc1ccc(OCc2ccc(C(=O)OC)cn2)cc1. The van der Waals surface area contributed by atoms with Gasteiger partial charge in [0.1, 0.15) is 12.4 Å². The molecule has 2 rings (SSSR count). The largest absolute Gasteiger partial charge is 0.487 e. The van der Waals surface area contributed by atoms with Crippen molar-refractivity contribution in [1.82, 2.24) is 4.98 Å². The molecule has 0 saturated carbocycles. The Morgan fingerprint density at radius 1 is 1.20 bits per heavy atom. The average Bonchev–Trinajstić information content (AvgIpc) is 2.53. The molecule has 0 atom stereocenters. The van der Waals surface area contributed by atoms with E-state index >= 15 is 0 Å². The molecule has 0 spiro atoms. The van der Waals surface area contributed by atoms with E-state index < -0.39 is 5.97 Å². The molecule has 1 aromatic carbocycles. The minimum Gasteiger partial charge on any atom is -0.487 e. The number of hydrogen-bond donors (Lipinski definition) is 1. The molecule has 0 saturated heterocycles. The molecule has 2 aromatic rings. The van der Waals surface area contributed by atoms with E-state index in [1.807, 2.05) is 31.3 Å². The molecule has 0 amide bonds. The van der Waals surface area contributed by atoms with E-state index in [9.17, 15) is 4.79 Å². The molecule has 0 unspecified atom stereocenters. The van der Waals surface area contributed by atoms with Gasteiger partial charge < -0.3 is 14.8 Å². The number of anilines is 1. The zero-order chi connectivity index (χ0) is 14.4. The lowest BCUT2D eigenvalue weighted by molar-refractivity contribution is 0.0600. The maximum absolute atomic E-state index is 11.3. The van der Waals surface area contributed by atoms with Crippen LogP contribution in [0.2, 0.25) is 0 Å². The standard InChI is InChI=1S/C15H16N2O3/c1-16-12-5-7-14(8-6-12)20-10-13-4-3-11(9-17-13)15(18)19-2/h3-9,16H,10H2,1-2H3. The first-order chi connectivity index (χ1) is 9.72. The van der Waals surface area contributed by atoms with Crippen molar-refractivity contribution >= 4 is 11.7 Å². The van der Waals surface area contributed by atoms with Crippen molar-refractivity contribution in [3.8, 4) is 5.75 Å². The lowest BCUT2D eigenvalue weighted by Gasteiger charge is -2.07. The number of carbonyl (C=O) groups is 1. The Morgan fingerprint density at radius 3 is 2.50 bits per heavy atom. The first-order valence-electron chi connectivity index (χ1n) is 6.17. The second-order valence-corrected chi connectivity index (χ2v) is 4.09. The number of methoxy groups -OCH3 is 1. The Hall–Kier alpha value is -2.56. The first-order valence-corrected chi connectivity index (χ1v) is 6.17. The Balaban J connectivity index is 1.94. The van der Waals surface area contributed by atoms with Gasteiger partial charge in [-0.3, -0.25) is 4.98 Å². The molecule has 0 fully saturated rings. The van der Waals surface area contributed by atoms with E-state index in [1.54, 1.807) is 12.1 Å². The van der Waals surface area contributed by atoms with Gasteiger partial charge in [-0.1, -0.05) is 0 Å². The summed E-state index contributed by atoms with van der Waals surface area (Å²) >= 11 is 0. The van der Waals surface area contributed by atoms with E-state index in [4.69, 9.17) is 4.74 Å². The van der Waals surface area contributed by atoms with Crippen LogP contribution in [0.5, 0.6) is 5.75 Å². The van der Waals surface area contributed by atoms with Crippen LogP contribution < -0.4 is 10.1 Å². The summed E-state index contributed by atoms with van der Waals surface area (Å²) in [6.45, 7) is 0.348. The number of benzene rings is 1. The predicted octanol–water partition coefficient (Wildman–Crippen LogP) is 2.49. The van der Waals surface area contributed by atoms with Gasteiger partial charge >= 0.3 is 5.97 Å². The summed E-state index contributed by atoms with van der Waals surface area (Å²) in [6.07, 6.45) is 1.48. The fraction of sp³-hybridized carbons (Fsp3) is 0.200. The Kier molecular flexibility index (Phi) is 4.55. The molecule has 104 valence electrons. The molecule has 1 heterocycles. The summed E-state index contributed by atoms with van der Waals surface area (Å²) in [5, 5.41) is 3.04. The van der Waals surface area contributed by atoms with Crippen LogP contribution in [0.1, 0.15) is 16.1 Å². The Bertz CT molecular complexity index is 565. The normalized spacial score (nSPS) is 9.90. The van der Waals surface area contributed by atoms with Gasteiger partial charge in [-0.15, -0.1) is 0 Å². The maximum Gasteiger partial charge on any atom is 0.339 e. The second kappa shape index (κ2) is 6.56. The smallest absolute Gasteiger partial charge is 0.339 e. The minimum atomic E-state index is -0.396. The molecule has 1 aromatic heterocycles. The van der Waals surface area contributed by atoms with Crippen LogP contribution >= 0.6 is 0 Å². The Morgan fingerprint density at radius 2 is 1.95 bits per heavy atom. The quantitative estimate of drug-likeness (QED) is 0.847. The first kappa shape index (κ1) is 13.9. The van der Waals surface area contributed by atoms with Gasteiger partial charge in [0.15, 0.2) is 0 Å². The number of rotatable bonds is 5. The van der Waals surface area contributed by atoms with Gasteiger partial charge in [0, 0.05) is 18.9 Å². The summed E-state index contributed by atoms with van der Waals surface area (Å²) in [5.74, 6) is 0.371. The number of hydrogen-bond acceptors (Lipinski definition) is 5. The van der Waals surface area contributed by atoms with Crippen LogP contribution in [-0.2, 0) is 11.3 Å². The van der Waals surface area contributed by atoms with Crippen LogP contribution in [-0.4, -0.2) is 25.1 Å². The van der Waals surface area contributed by atoms with Crippen LogP contribution in [0.25, 0.3) is 0 Å². The topological polar surface area (TPSA) is 60.5 Å². The van der Waals surface area contributed by atoms with Crippen molar-refractivity contribution in [3.05, 3.63) is 53.9 Å². The molecular weight excluding hydrogens is 256 g/mol. The summed E-state index contributed by atoms with van der Waals surface area (Å²) in [4.78, 5) is 15.4. The highest BCUT2D eigenvalue weighted by Gasteiger charge is 2.05. The van der Waals surface area contributed by atoms with Gasteiger partial charge in [-0.2, -0.15) is 0 Å². The third-order valence-corrected chi connectivity index (χ3v) is 2.78. The Labute approximate surface area is 117 Å². The number of esters is 1. The van der Waals surface area contributed by atoms with E-state index in [1.165, 1.54) is 13.3 Å². The van der Waals surface area contributed by atoms with E-state index in [2.05, 4.69) is 15.0 Å². The molecular formula is C15H16N2O3. The van der Waals surface area contributed by atoms with E-state index in [-0.39, 0.29) is 0 Å². The van der Waals surface area contributed by atoms with Gasteiger partial charge in [-0.05, 0) is 36.4 Å². The van der Waals surface area contributed by atoms with Crippen LogP contribution in [0, 0.1) is 0 Å². The number of nitrogens with zero attached hydrogens (tertiary/aromatic N) is 1. The van der Waals surface area contributed by atoms with Crippen LogP contribution in [0.3, 0.4) is 0 Å². The number of nitrogens with one attached hydrogen (secondary N) is 1. The van der Waals surface area contributed by atoms with E-state index in [0.717, 1.165) is 17.1 Å². The highest BCUT2D eigenvalue weighted by Crippen LogP contribution is 2.16. The van der Waals surface area contributed by atoms with Crippen molar-refractivity contribution in [2.45, 2.75) is 6.61 Å². The number of pyridine rings is 1. The minimum absolute atomic E-state index is 0.348. The highest BCUT2D eigenvalue weighted by molar-refractivity contribution is 5.88. The molecule has 5 heteroatoms. The summed E-state index contributed by atoms with van der Waals surface area (Å²) in [7, 11) is 3.21. The number of carbonyl (C=O) groups excluding carboxylic acids is 1. The fourth-order valence-electron chi connectivity index (χ4n) is 1.62. The lowest BCUT2D eigenvalue weighted by Crippen LogP contribution is -2.04. The summed E-state index contributed by atoms with van der Waals surface area (Å²) in [5.41, 5.74) is 2.20. The lowest BCUT2D eigenvalue weighted by atomic mass is 10.2. The molecule has 0 aliphatic carbocycles. The second-order valence-electron chi connectivity index (χ2n) is 4.09. The van der Waals surface area contributed by atoms with Crippen molar-refractivity contribution < 1.29 is 14.3 Å². The van der Waals surface area contributed by atoms with Crippen molar-refractivity contribution in [2.24, 2.45) is 0 Å². The zero-order valence-electron chi connectivity index (χ0n) is 11.4. The highest BCUT2D eigenvalue weighted by atomic mass is 16.5. The van der Waals surface area contributed by atoms with Gasteiger partial charge in [0.25, 0.3) is 0 Å². The number of ether oxygens (including phenoxy) is 2. The molecule has 1 N–H and O–H groups in total. The summed E-state index contributed by atoms with van der Waals surface area (Å²) < 4.78 is 10.2. The van der Waals surface area contributed by atoms with Crippen LogP contribution in [0.15, 0.2) is 42.6 Å². The average molecular weight is 272 g/mol. The molecule has 0 aliphatic rings. The molecule has 0 aliphatic heterocycles. The predicted molar refractivity (Wildman–Crippen MR) is 75.9 cm³/mol. The fourth-order valence-corrected chi connectivity index (χ4v) is 1.62. The van der Waals surface area contributed by atoms with Gasteiger partial charge in [-0.25, -0.2) is 4.79 Å². The van der Waals surface area contributed by atoms with Crippen molar-refractivity contribution in [3.63, 3.8) is 0 Å². The third-order valence-electron chi connectivity index (χ3n) is 2.78. The summed E-state index contributed by atoms with van der Waals surface area (Å²) in [6, 6.07) is 11.0. The van der Waals surface area contributed by atoms with E-state index in [0.29, 0.717) is 12.2 Å². The maximum atomic E-state index is 11.3. The monoisotopic (exact) mass is 272 g/mol. The van der Waals surface area contributed by atoms with Crippen molar-refractivity contribution in [2.75, 3.05) is 19.5 Å². The molecule has 5 nitrogen and oxygen atoms in total. The van der Waals surface area contributed by atoms with Gasteiger partial charge in [0.2, 0.25) is 0 Å². The third kappa shape index (κ3) is 3.47. The zero-order valence-corrected chi connectivity index (χ0v) is 11.4. The van der Waals surface area contributed by atoms with Crippen LogP contribution in [0.4, 0.5) is 5.69 Å².